The van der Waals surface area contributed by atoms with Crippen LogP contribution >= 0.6 is 0 Å². The molecule has 3 nitrogen and oxygen atoms in total. The summed E-state index contributed by atoms with van der Waals surface area (Å²) in [7, 11) is 0. The first kappa shape index (κ1) is 20.8. The van der Waals surface area contributed by atoms with Crippen LogP contribution in [0.15, 0.2) is 48.5 Å². The van der Waals surface area contributed by atoms with Crippen LogP contribution in [0.4, 0.5) is 0 Å². The van der Waals surface area contributed by atoms with Crippen molar-refractivity contribution in [2.75, 3.05) is 6.61 Å². The van der Waals surface area contributed by atoms with Gasteiger partial charge in [0.05, 0.1) is 13.0 Å². The molecule has 0 aliphatic carbocycles. The summed E-state index contributed by atoms with van der Waals surface area (Å²) in [5.41, 5.74) is 2.53. The molecule has 0 aliphatic rings. The summed E-state index contributed by atoms with van der Waals surface area (Å²) in [6.07, 6.45) is 5.63. The molecule has 2 aromatic carbocycles. The molecule has 0 aromatic heterocycles. The van der Waals surface area contributed by atoms with Crippen LogP contribution in [0.5, 0.6) is 5.75 Å². The average molecular weight is 342 g/mol. The van der Waals surface area contributed by atoms with E-state index in [0.717, 1.165) is 11.1 Å². The van der Waals surface area contributed by atoms with Crippen LogP contribution in [0.2, 0.25) is 0 Å². The summed E-state index contributed by atoms with van der Waals surface area (Å²) < 4.78 is 4.87. The third-order valence-electron chi connectivity index (χ3n) is 3.79. The Hall–Kier alpha value is -2.29. The monoisotopic (exact) mass is 342 g/mol. The molecule has 0 heterocycles. The fourth-order valence-corrected chi connectivity index (χ4v) is 2.39. The Labute approximate surface area is 151 Å². The van der Waals surface area contributed by atoms with Crippen LogP contribution in [0.25, 0.3) is 11.1 Å². The van der Waals surface area contributed by atoms with E-state index in [1.165, 1.54) is 25.7 Å². The number of aromatic hydroxyl groups is 1. The molecule has 0 bridgehead atoms. The largest absolute Gasteiger partial charge is 0.508 e. The van der Waals surface area contributed by atoms with E-state index in [1.54, 1.807) is 19.1 Å². The van der Waals surface area contributed by atoms with Crippen molar-refractivity contribution < 1.29 is 14.6 Å². The maximum absolute atomic E-state index is 11.4. The van der Waals surface area contributed by atoms with Crippen LogP contribution in [-0.2, 0) is 16.0 Å². The van der Waals surface area contributed by atoms with E-state index < -0.39 is 0 Å². The molecule has 2 rings (SSSR count). The molecule has 0 spiro atoms. The van der Waals surface area contributed by atoms with E-state index >= 15 is 0 Å². The lowest BCUT2D eigenvalue weighted by atomic mass is 10.0. The van der Waals surface area contributed by atoms with Gasteiger partial charge in [-0.15, -0.1) is 0 Å². The third-order valence-corrected chi connectivity index (χ3v) is 3.79. The minimum Gasteiger partial charge on any atom is -0.508 e. The summed E-state index contributed by atoms with van der Waals surface area (Å²) in [6, 6.07) is 15.1. The van der Waals surface area contributed by atoms with Gasteiger partial charge in [-0.2, -0.15) is 0 Å². The molecule has 136 valence electrons. The van der Waals surface area contributed by atoms with Gasteiger partial charge in [-0.3, -0.25) is 4.79 Å². The number of benzene rings is 2. The zero-order valence-corrected chi connectivity index (χ0v) is 15.6. The molecule has 0 saturated carbocycles. The topological polar surface area (TPSA) is 46.5 Å². The van der Waals surface area contributed by atoms with Crippen molar-refractivity contribution >= 4 is 5.97 Å². The van der Waals surface area contributed by atoms with Gasteiger partial charge in [0.15, 0.2) is 0 Å². The number of hydrogen-bond donors (Lipinski definition) is 1. The Balaban J connectivity index is 0.000000450. The number of phenols is 1. The minimum atomic E-state index is -0.328. The number of phenolic OH excluding ortho intramolecular Hbond substituents is 1. The minimum absolute atomic E-state index is 0.0920. The summed E-state index contributed by atoms with van der Waals surface area (Å²) >= 11 is 0. The number of hydrogen-bond acceptors (Lipinski definition) is 3. The first-order valence-electron chi connectivity index (χ1n) is 9.15. The SMILES string of the molecule is CCCCCC.CCOC(=O)Cc1ccc(-c2ccccc2)cc1O. The van der Waals surface area contributed by atoms with Crippen LogP contribution < -0.4 is 0 Å². The molecular formula is C22H30O3. The highest BCUT2D eigenvalue weighted by atomic mass is 16.5. The first-order valence-corrected chi connectivity index (χ1v) is 9.15. The molecule has 0 radical (unpaired) electrons. The van der Waals surface area contributed by atoms with E-state index in [4.69, 9.17) is 4.74 Å². The van der Waals surface area contributed by atoms with Gasteiger partial charge >= 0.3 is 5.97 Å². The molecule has 0 amide bonds. The molecule has 2 aromatic rings. The van der Waals surface area contributed by atoms with E-state index in [9.17, 15) is 9.90 Å². The number of carbonyl (C=O) groups is 1. The van der Waals surface area contributed by atoms with Crippen LogP contribution in [0.1, 0.15) is 52.0 Å². The third kappa shape index (κ3) is 7.88. The van der Waals surface area contributed by atoms with Crippen molar-refractivity contribution in [3.05, 3.63) is 54.1 Å². The number of rotatable bonds is 7. The number of ether oxygens (including phenoxy) is 1. The molecule has 0 fully saturated rings. The van der Waals surface area contributed by atoms with Crippen LogP contribution in [0.3, 0.4) is 0 Å². The van der Waals surface area contributed by atoms with Crippen LogP contribution in [0, 0.1) is 0 Å². The molecule has 0 unspecified atom stereocenters. The summed E-state index contributed by atoms with van der Waals surface area (Å²) in [5.74, 6) is -0.209. The predicted octanol–water partition coefficient (Wildman–Crippen LogP) is 5.75. The standard InChI is InChI=1S/C16H16O3.C6H14/c1-2-19-16(18)11-14-9-8-13(10-15(14)17)12-6-4-3-5-7-12;1-3-5-6-4-2/h3-10,17H,2,11H2,1H3;3-6H2,1-2H3. The van der Waals surface area contributed by atoms with E-state index in [-0.39, 0.29) is 18.1 Å². The number of carbonyl (C=O) groups excluding carboxylic acids is 1. The summed E-state index contributed by atoms with van der Waals surface area (Å²) in [4.78, 5) is 11.4. The normalized spacial score (nSPS) is 9.88. The highest BCUT2D eigenvalue weighted by Crippen LogP contribution is 2.26. The maximum atomic E-state index is 11.4. The van der Waals surface area contributed by atoms with Gasteiger partial charge < -0.3 is 9.84 Å². The lowest BCUT2D eigenvalue weighted by Crippen LogP contribution is -2.07. The molecule has 0 saturated heterocycles. The highest BCUT2D eigenvalue weighted by molar-refractivity contribution is 5.75. The highest BCUT2D eigenvalue weighted by Gasteiger charge is 2.09. The predicted molar refractivity (Wildman–Crippen MR) is 104 cm³/mol. The molecule has 3 heteroatoms. The number of unbranched alkanes of at least 4 members (excludes halogenated alkanes) is 3. The lowest BCUT2D eigenvalue weighted by molar-refractivity contribution is -0.142. The molecule has 1 N–H and O–H groups in total. The second-order valence-electron chi connectivity index (χ2n) is 5.90. The molecule has 25 heavy (non-hydrogen) atoms. The quantitative estimate of drug-likeness (QED) is 0.514. The lowest BCUT2D eigenvalue weighted by Gasteiger charge is -2.07. The van der Waals surface area contributed by atoms with E-state index in [2.05, 4.69) is 13.8 Å². The molecular weight excluding hydrogens is 312 g/mol. The van der Waals surface area contributed by atoms with Crippen LogP contribution in [-0.4, -0.2) is 17.7 Å². The van der Waals surface area contributed by atoms with Gasteiger partial charge in [-0.05, 0) is 24.1 Å². The van der Waals surface area contributed by atoms with Crippen molar-refractivity contribution in [3.8, 4) is 16.9 Å². The Morgan fingerprint density at radius 1 is 0.920 bits per heavy atom. The zero-order chi connectivity index (χ0) is 18.5. The summed E-state index contributed by atoms with van der Waals surface area (Å²) in [5, 5.41) is 9.96. The van der Waals surface area contributed by atoms with Crippen molar-refractivity contribution in [3.63, 3.8) is 0 Å². The Bertz CT molecular complexity index is 616. The Morgan fingerprint density at radius 2 is 1.56 bits per heavy atom. The van der Waals surface area contributed by atoms with E-state index in [1.807, 2.05) is 36.4 Å². The first-order chi connectivity index (χ1) is 12.1. The fraction of sp³-hybridized carbons (Fsp3) is 0.409. The summed E-state index contributed by atoms with van der Waals surface area (Å²) in [6.45, 7) is 6.57. The van der Waals surface area contributed by atoms with Crippen molar-refractivity contribution in [2.45, 2.75) is 52.9 Å². The van der Waals surface area contributed by atoms with Gasteiger partial charge in [0.2, 0.25) is 0 Å². The second kappa shape index (κ2) is 12.1. The van der Waals surface area contributed by atoms with Crippen molar-refractivity contribution in [2.24, 2.45) is 0 Å². The van der Waals surface area contributed by atoms with Crippen molar-refractivity contribution in [1.82, 2.24) is 0 Å². The van der Waals surface area contributed by atoms with Gasteiger partial charge in [-0.1, -0.05) is 82.0 Å². The van der Waals surface area contributed by atoms with Gasteiger partial charge in [0, 0.05) is 5.56 Å². The van der Waals surface area contributed by atoms with Crippen molar-refractivity contribution in [1.29, 1.82) is 0 Å². The van der Waals surface area contributed by atoms with E-state index in [0.29, 0.717) is 12.2 Å². The molecule has 0 atom stereocenters. The smallest absolute Gasteiger partial charge is 0.310 e. The Morgan fingerprint density at radius 3 is 2.08 bits per heavy atom. The van der Waals surface area contributed by atoms with Gasteiger partial charge in [0.1, 0.15) is 5.75 Å². The molecule has 0 aliphatic heterocycles. The Kier molecular flexibility index (Phi) is 10.1. The zero-order valence-electron chi connectivity index (χ0n) is 15.6. The van der Waals surface area contributed by atoms with Gasteiger partial charge in [-0.25, -0.2) is 0 Å². The average Bonchev–Trinajstić information content (AvgIpc) is 2.63. The maximum Gasteiger partial charge on any atom is 0.310 e. The fourth-order valence-electron chi connectivity index (χ4n) is 2.39. The second-order valence-corrected chi connectivity index (χ2v) is 5.90. The van der Waals surface area contributed by atoms with Gasteiger partial charge in [0.25, 0.3) is 0 Å². The number of esters is 1.